The summed E-state index contributed by atoms with van der Waals surface area (Å²) in [4.78, 5) is 8.45. The number of ether oxygens (including phenoxy) is 1. The van der Waals surface area contributed by atoms with Gasteiger partial charge in [0.15, 0.2) is 0 Å². The average Bonchev–Trinajstić information content (AvgIpc) is 2.76. The second-order valence-corrected chi connectivity index (χ2v) is 4.83. The molecular weight excluding hydrogens is 252 g/mol. The quantitative estimate of drug-likeness (QED) is 0.860. The van der Waals surface area contributed by atoms with E-state index in [9.17, 15) is 0 Å². The van der Waals surface area contributed by atoms with Gasteiger partial charge in [0, 0.05) is 25.6 Å². The van der Waals surface area contributed by atoms with Crippen molar-refractivity contribution in [3.8, 4) is 0 Å². The fourth-order valence-corrected chi connectivity index (χ4v) is 2.16. The highest BCUT2D eigenvalue weighted by Gasteiger charge is 2.24. The molecule has 0 radical (unpaired) electrons. The summed E-state index contributed by atoms with van der Waals surface area (Å²) in [5.74, 6) is 1.79. The molecule has 2 rings (SSSR count). The summed E-state index contributed by atoms with van der Waals surface area (Å²) in [7, 11) is 0. The highest BCUT2D eigenvalue weighted by Crippen LogP contribution is 2.23. The van der Waals surface area contributed by atoms with Gasteiger partial charge in [-0.25, -0.2) is 4.98 Å². The molecule has 0 saturated carbocycles. The zero-order chi connectivity index (χ0) is 13.0. The maximum atomic E-state index is 6.07. The lowest BCUT2D eigenvalue weighted by Crippen LogP contribution is -2.21. The number of hydrogen-bond donors (Lipinski definition) is 2. The number of rotatable bonds is 5. The van der Waals surface area contributed by atoms with E-state index in [2.05, 4.69) is 27.5 Å². The zero-order valence-corrected chi connectivity index (χ0v) is 11.5. The van der Waals surface area contributed by atoms with E-state index in [4.69, 9.17) is 16.3 Å². The topological polar surface area (TPSA) is 59.1 Å². The summed E-state index contributed by atoms with van der Waals surface area (Å²) in [6.45, 7) is 6.55. The van der Waals surface area contributed by atoms with Crippen molar-refractivity contribution in [1.29, 1.82) is 0 Å². The highest BCUT2D eigenvalue weighted by molar-refractivity contribution is 6.32. The third kappa shape index (κ3) is 3.23. The van der Waals surface area contributed by atoms with Crippen LogP contribution in [0.4, 0.5) is 11.8 Å². The molecule has 5 nitrogen and oxygen atoms in total. The Morgan fingerprint density at radius 3 is 3.00 bits per heavy atom. The van der Waals surface area contributed by atoms with Gasteiger partial charge in [0.2, 0.25) is 5.95 Å². The summed E-state index contributed by atoms with van der Waals surface area (Å²) in [6, 6.07) is 0. The minimum Gasteiger partial charge on any atom is -0.378 e. The lowest BCUT2D eigenvalue weighted by atomic mass is 10.0. The van der Waals surface area contributed by atoms with Crippen molar-refractivity contribution in [2.45, 2.75) is 26.4 Å². The molecule has 1 fully saturated rings. The maximum absolute atomic E-state index is 6.07. The zero-order valence-electron chi connectivity index (χ0n) is 10.7. The number of anilines is 2. The predicted octanol–water partition coefficient (Wildman–Crippen LogP) is 2.40. The van der Waals surface area contributed by atoms with Crippen LogP contribution in [-0.4, -0.2) is 35.8 Å². The number of hydrogen-bond acceptors (Lipinski definition) is 5. The van der Waals surface area contributed by atoms with Crippen molar-refractivity contribution in [3.63, 3.8) is 0 Å². The van der Waals surface area contributed by atoms with Crippen LogP contribution < -0.4 is 10.6 Å². The van der Waals surface area contributed by atoms with Gasteiger partial charge >= 0.3 is 0 Å². The molecule has 2 atom stereocenters. The van der Waals surface area contributed by atoms with E-state index in [1.165, 1.54) is 0 Å². The molecule has 0 aromatic carbocycles. The Labute approximate surface area is 112 Å². The molecule has 2 N–H and O–H groups in total. The molecule has 1 saturated heterocycles. The van der Waals surface area contributed by atoms with E-state index in [1.807, 2.05) is 6.92 Å². The van der Waals surface area contributed by atoms with Crippen LogP contribution in [-0.2, 0) is 4.74 Å². The first kappa shape index (κ1) is 13.4. The molecule has 0 amide bonds. The minimum atomic E-state index is 0.298. The van der Waals surface area contributed by atoms with Gasteiger partial charge in [0.05, 0.1) is 12.3 Å². The Balaban J connectivity index is 1.97. The first-order valence-corrected chi connectivity index (χ1v) is 6.70. The van der Waals surface area contributed by atoms with Crippen molar-refractivity contribution in [2.75, 3.05) is 30.3 Å². The third-order valence-corrected chi connectivity index (χ3v) is 3.42. The summed E-state index contributed by atoms with van der Waals surface area (Å²) in [5.41, 5.74) is 0. The molecule has 6 heteroatoms. The predicted molar refractivity (Wildman–Crippen MR) is 73.2 cm³/mol. The number of halogens is 1. The van der Waals surface area contributed by atoms with E-state index in [1.54, 1.807) is 6.20 Å². The highest BCUT2D eigenvalue weighted by atomic mass is 35.5. The van der Waals surface area contributed by atoms with E-state index in [0.29, 0.717) is 28.8 Å². The monoisotopic (exact) mass is 270 g/mol. The SMILES string of the molecule is CCNc1ncc(Cl)c(NCC2CCOC2C)n1. The molecular formula is C12H19ClN4O. The molecule has 0 bridgehead atoms. The van der Waals surface area contributed by atoms with E-state index < -0.39 is 0 Å². The molecule has 18 heavy (non-hydrogen) atoms. The van der Waals surface area contributed by atoms with Crippen LogP contribution in [0.5, 0.6) is 0 Å². The van der Waals surface area contributed by atoms with Gasteiger partial charge < -0.3 is 15.4 Å². The van der Waals surface area contributed by atoms with Gasteiger partial charge in [-0.15, -0.1) is 0 Å². The molecule has 2 unspecified atom stereocenters. The fraction of sp³-hybridized carbons (Fsp3) is 0.667. The Morgan fingerprint density at radius 2 is 2.33 bits per heavy atom. The average molecular weight is 271 g/mol. The Morgan fingerprint density at radius 1 is 1.50 bits per heavy atom. The Kier molecular flexibility index (Phi) is 4.60. The second kappa shape index (κ2) is 6.20. The summed E-state index contributed by atoms with van der Waals surface area (Å²) in [5, 5.41) is 6.89. The van der Waals surface area contributed by atoms with Crippen LogP contribution in [0, 0.1) is 5.92 Å². The van der Waals surface area contributed by atoms with Gasteiger partial charge in [-0.3, -0.25) is 0 Å². The van der Waals surface area contributed by atoms with Crippen LogP contribution in [0.3, 0.4) is 0 Å². The Hall–Kier alpha value is -1.07. The molecule has 2 heterocycles. The smallest absolute Gasteiger partial charge is 0.224 e. The molecule has 0 spiro atoms. The van der Waals surface area contributed by atoms with Crippen LogP contribution in [0.15, 0.2) is 6.20 Å². The maximum Gasteiger partial charge on any atom is 0.224 e. The van der Waals surface area contributed by atoms with Crippen molar-refractivity contribution in [3.05, 3.63) is 11.2 Å². The fourth-order valence-electron chi connectivity index (χ4n) is 2.01. The van der Waals surface area contributed by atoms with Crippen molar-refractivity contribution in [1.82, 2.24) is 9.97 Å². The standard InChI is InChI=1S/C12H19ClN4O/c1-3-14-12-16-7-10(13)11(17-12)15-6-9-4-5-18-8(9)2/h7-9H,3-6H2,1-2H3,(H2,14,15,16,17). The molecule has 100 valence electrons. The van der Waals surface area contributed by atoms with Crippen molar-refractivity contribution < 1.29 is 4.74 Å². The largest absolute Gasteiger partial charge is 0.378 e. The van der Waals surface area contributed by atoms with E-state index in [0.717, 1.165) is 26.1 Å². The molecule has 1 aromatic rings. The summed E-state index contributed by atoms with van der Waals surface area (Å²) < 4.78 is 5.53. The first-order chi connectivity index (χ1) is 8.70. The normalized spacial score (nSPS) is 23.1. The summed E-state index contributed by atoms with van der Waals surface area (Å²) in [6.07, 6.45) is 2.99. The van der Waals surface area contributed by atoms with Crippen LogP contribution in [0.1, 0.15) is 20.3 Å². The van der Waals surface area contributed by atoms with E-state index in [-0.39, 0.29) is 0 Å². The van der Waals surface area contributed by atoms with Gasteiger partial charge in [-0.1, -0.05) is 11.6 Å². The number of aromatic nitrogens is 2. The van der Waals surface area contributed by atoms with Gasteiger partial charge in [0.25, 0.3) is 0 Å². The van der Waals surface area contributed by atoms with Gasteiger partial charge in [-0.05, 0) is 20.3 Å². The Bertz CT molecular complexity index is 402. The lowest BCUT2D eigenvalue weighted by molar-refractivity contribution is 0.108. The van der Waals surface area contributed by atoms with Crippen molar-refractivity contribution >= 4 is 23.4 Å². The van der Waals surface area contributed by atoms with Gasteiger partial charge in [-0.2, -0.15) is 4.98 Å². The van der Waals surface area contributed by atoms with Crippen LogP contribution in [0.2, 0.25) is 5.02 Å². The van der Waals surface area contributed by atoms with Crippen LogP contribution in [0.25, 0.3) is 0 Å². The summed E-state index contributed by atoms with van der Waals surface area (Å²) >= 11 is 6.07. The molecule has 1 aliphatic rings. The van der Waals surface area contributed by atoms with E-state index >= 15 is 0 Å². The lowest BCUT2D eigenvalue weighted by Gasteiger charge is -2.16. The molecule has 1 aliphatic heterocycles. The second-order valence-electron chi connectivity index (χ2n) is 4.43. The number of nitrogens with zero attached hydrogens (tertiary/aromatic N) is 2. The molecule has 1 aromatic heterocycles. The number of nitrogens with one attached hydrogen (secondary N) is 2. The van der Waals surface area contributed by atoms with Crippen LogP contribution >= 0.6 is 11.6 Å². The van der Waals surface area contributed by atoms with Crippen molar-refractivity contribution in [2.24, 2.45) is 5.92 Å². The molecule has 0 aliphatic carbocycles. The first-order valence-electron chi connectivity index (χ1n) is 6.32. The third-order valence-electron chi connectivity index (χ3n) is 3.14. The minimum absolute atomic E-state index is 0.298. The van der Waals surface area contributed by atoms with Gasteiger partial charge in [0.1, 0.15) is 10.8 Å².